The van der Waals surface area contributed by atoms with Crippen LogP contribution in [0.1, 0.15) is 35.2 Å². The largest absolute Gasteiger partial charge is 0.497 e. The number of amides is 2. The third-order valence-corrected chi connectivity index (χ3v) is 5.32. The van der Waals surface area contributed by atoms with Crippen LogP contribution in [0.5, 0.6) is 5.75 Å². The monoisotopic (exact) mass is 397 g/mol. The molecule has 0 bridgehead atoms. The van der Waals surface area contributed by atoms with Gasteiger partial charge >= 0.3 is 0 Å². The number of carbonyl (C=O) groups excluding carboxylic acids is 2. The maximum Gasteiger partial charge on any atom is 0.251 e. The number of carbonyl (C=O) groups is 2. The summed E-state index contributed by atoms with van der Waals surface area (Å²) >= 11 is 0. The van der Waals surface area contributed by atoms with Gasteiger partial charge in [0.2, 0.25) is 5.91 Å². The molecule has 2 N–H and O–H groups in total. The van der Waals surface area contributed by atoms with Crippen molar-refractivity contribution in [1.29, 1.82) is 0 Å². The Morgan fingerprint density at radius 1 is 1.14 bits per heavy atom. The van der Waals surface area contributed by atoms with Gasteiger partial charge in [-0.25, -0.2) is 0 Å². The average Bonchev–Trinajstić information content (AvgIpc) is 2.78. The minimum absolute atomic E-state index is 0.00731. The number of benzene rings is 1. The van der Waals surface area contributed by atoms with Crippen molar-refractivity contribution in [2.75, 3.05) is 14.2 Å². The highest BCUT2D eigenvalue weighted by molar-refractivity contribution is 5.94. The minimum Gasteiger partial charge on any atom is -0.497 e. The molecule has 0 radical (unpaired) electrons. The van der Waals surface area contributed by atoms with E-state index in [0.29, 0.717) is 24.3 Å². The number of hydrogen-bond acceptors (Lipinski definition) is 5. The predicted octanol–water partition coefficient (Wildman–Crippen LogP) is 2.32. The predicted molar refractivity (Wildman–Crippen MR) is 108 cm³/mol. The number of rotatable bonds is 7. The fourth-order valence-electron chi connectivity index (χ4n) is 3.65. The van der Waals surface area contributed by atoms with Crippen LogP contribution in [0, 0.1) is 5.92 Å². The summed E-state index contributed by atoms with van der Waals surface area (Å²) in [5.74, 6) is 0.335. The van der Waals surface area contributed by atoms with Gasteiger partial charge in [0, 0.05) is 37.5 Å². The van der Waals surface area contributed by atoms with Crippen LogP contribution in [0.3, 0.4) is 0 Å². The third-order valence-electron chi connectivity index (χ3n) is 5.32. The lowest BCUT2D eigenvalue weighted by Crippen LogP contribution is -2.50. The van der Waals surface area contributed by atoms with Crippen molar-refractivity contribution in [3.05, 3.63) is 59.9 Å². The standard InChI is InChI=1S/C22H27N3O4/c1-28-18-8-5-16(6-9-18)22(27)25-19-12-17(7-10-20(19)29-2)21(26)24-14-15-4-3-11-23-13-15/h3-6,8-9,11,13,17,19-20H,7,10,12,14H2,1-2H3,(H,24,26)(H,25,27)/t17-,19+,20+/m0/s1. The molecule has 1 aromatic carbocycles. The average molecular weight is 397 g/mol. The van der Waals surface area contributed by atoms with Crippen LogP contribution < -0.4 is 15.4 Å². The molecule has 1 saturated carbocycles. The number of pyridine rings is 1. The molecule has 3 rings (SSSR count). The van der Waals surface area contributed by atoms with Gasteiger partial charge in [-0.3, -0.25) is 14.6 Å². The van der Waals surface area contributed by atoms with E-state index >= 15 is 0 Å². The Balaban J connectivity index is 1.59. The summed E-state index contributed by atoms with van der Waals surface area (Å²) in [5.41, 5.74) is 1.50. The second kappa shape index (κ2) is 10.0. The second-order valence-corrected chi connectivity index (χ2v) is 7.17. The fourth-order valence-corrected chi connectivity index (χ4v) is 3.65. The van der Waals surface area contributed by atoms with Crippen molar-refractivity contribution in [1.82, 2.24) is 15.6 Å². The van der Waals surface area contributed by atoms with Crippen LogP contribution in [-0.4, -0.2) is 43.2 Å². The maximum atomic E-state index is 12.6. The van der Waals surface area contributed by atoms with Crippen molar-refractivity contribution >= 4 is 11.8 Å². The van der Waals surface area contributed by atoms with Crippen molar-refractivity contribution < 1.29 is 19.1 Å². The first-order valence-electron chi connectivity index (χ1n) is 9.75. The number of ether oxygens (including phenoxy) is 2. The molecule has 154 valence electrons. The van der Waals surface area contributed by atoms with Gasteiger partial charge in [0.25, 0.3) is 5.91 Å². The summed E-state index contributed by atoms with van der Waals surface area (Å²) in [6.07, 6.45) is 5.31. The molecule has 2 amide bonds. The molecule has 0 unspecified atom stereocenters. The van der Waals surface area contributed by atoms with Crippen molar-refractivity contribution in [2.45, 2.75) is 38.0 Å². The van der Waals surface area contributed by atoms with Crippen LogP contribution in [0.2, 0.25) is 0 Å². The van der Waals surface area contributed by atoms with E-state index in [1.165, 1.54) is 0 Å². The molecular weight excluding hydrogens is 370 g/mol. The van der Waals surface area contributed by atoms with E-state index in [9.17, 15) is 9.59 Å². The Morgan fingerprint density at radius 2 is 1.93 bits per heavy atom. The Bertz CT molecular complexity index is 811. The molecule has 29 heavy (non-hydrogen) atoms. The molecule has 1 aliphatic rings. The Morgan fingerprint density at radius 3 is 2.59 bits per heavy atom. The molecule has 7 nitrogen and oxygen atoms in total. The van der Waals surface area contributed by atoms with Crippen LogP contribution >= 0.6 is 0 Å². The molecule has 1 aliphatic carbocycles. The summed E-state index contributed by atoms with van der Waals surface area (Å²) in [7, 11) is 3.22. The van der Waals surface area contributed by atoms with Gasteiger partial charge < -0.3 is 20.1 Å². The quantitative estimate of drug-likeness (QED) is 0.748. The topological polar surface area (TPSA) is 89.5 Å². The first kappa shape index (κ1) is 20.8. The molecule has 7 heteroatoms. The SMILES string of the molecule is COc1ccc(C(=O)N[C@@H]2C[C@@H](C(=O)NCc3cccnc3)CC[C@H]2OC)cc1. The smallest absolute Gasteiger partial charge is 0.251 e. The Kier molecular flexibility index (Phi) is 7.19. The molecule has 2 aromatic rings. The van der Waals surface area contributed by atoms with E-state index in [1.54, 1.807) is 50.9 Å². The number of hydrogen-bond donors (Lipinski definition) is 2. The lowest BCUT2D eigenvalue weighted by molar-refractivity contribution is -0.127. The highest BCUT2D eigenvalue weighted by Crippen LogP contribution is 2.27. The van der Waals surface area contributed by atoms with E-state index in [0.717, 1.165) is 18.4 Å². The summed E-state index contributed by atoms with van der Waals surface area (Å²) in [6.45, 7) is 0.444. The van der Waals surface area contributed by atoms with E-state index in [-0.39, 0.29) is 29.9 Å². The Labute approximate surface area is 170 Å². The summed E-state index contributed by atoms with van der Waals surface area (Å²) in [5, 5.41) is 6.01. The van der Waals surface area contributed by atoms with Gasteiger partial charge in [-0.1, -0.05) is 6.07 Å². The van der Waals surface area contributed by atoms with Gasteiger partial charge in [0.15, 0.2) is 0 Å². The van der Waals surface area contributed by atoms with E-state index < -0.39 is 0 Å². The molecule has 0 aliphatic heterocycles. The molecule has 1 heterocycles. The molecule has 3 atom stereocenters. The number of aromatic nitrogens is 1. The summed E-state index contributed by atoms with van der Waals surface area (Å²) < 4.78 is 10.7. The first-order valence-corrected chi connectivity index (χ1v) is 9.75. The van der Waals surface area contributed by atoms with E-state index in [4.69, 9.17) is 9.47 Å². The zero-order valence-corrected chi connectivity index (χ0v) is 16.8. The zero-order valence-electron chi connectivity index (χ0n) is 16.8. The van der Waals surface area contributed by atoms with Crippen molar-refractivity contribution in [3.8, 4) is 5.75 Å². The van der Waals surface area contributed by atoms with Gasteiger partial charge in [0.1, 0.15) is 5.75 Å². The van der Waals surface area contributed by atoms with Crippen LogP contribution in [0.4, 0.5) is 0 Å². The van der Waals surface area contributed by atoms with Gasteiger partial charge in [0.05, 0.1) is 19.3 Å². The van der Waals surface area contributed by atoms with E-state index in [2.05, 4.69) is 15.6 Å². The lowest BCUT2D eigenvalue weighted by atomic mass is 9.83. The summed E-state index contributed by atoms with van der Waals surface area (Å²) in [6, 6.07) is 10.5. The van der Waals surface area contributed by atoms with Crippen molar-refractivity contribution in [3.63, 3.8) is 0 Å². The molecule has 0 saturated heterocycles. The number of methoxy groups -OCH3 is 2. The molecule has 1 fully saturated rings. The maximum absolute atomic E-state index is 12.6. The zero-order chi connectivity index (χ0) is 20.6. The second-order valence-electron chi connectivity index (χ2n) is 7.17. The lowest BCUT2D eigenvalue weighted by Gasteiger charge is -2.35. The fraction of sp³-hybridized carbons (Fsp3) is 0.409. The van der Waals surface area contributed by atoms with Crippen LogP contribution in [0.15, 0.2) is 48.8 Å². The highest BCUT2D eigenvalue weighted by atomic mass is 16.5. The number of nitrogens with one attached hydrogen (secondary N) is 2. The van der Waals surface area contributed by atoms with Crippen LogP contribution in [0.25, 0.3) is 0 Å². The van der Waals surface area contributed by atoms with Crippen LogP contribution in [-0.2, 0) is 16.1 Å². The van der Waals surface area contributed by atoms with Crippen molar-refractivity contribution in [2.24, 2.45) is 5.92 Å². The third kappa shape index (κ3) is 5.54. The first-order chi connectivity index (χ1) is 14.1. The van der Waals surface area contributed by atoms with E-state index in [1.807, 2.05) is 12.1 Å². The Hall–Kier alpha value is -2.93. The van der Waals surface area contributed by atoms with Gasteiger partial charge in [-0.15, -0.1) is 0 Å². The van der Waals surface area contributed by atoms with Gasteiger partial charge in [-0.2, -0.15) is 0 Å². The highest BCUT2D eigenvalue weighted by Gasteiger charge is 2.35. The number of nitrogens with zero attached hydrogens (tertiary/aromatic N) is 1. The minimum atomic E-state index is -0.225. The van der Waals surface area contributed by atoms with Gasteiger partial charge in [-0.05, 0) is 55.2 Å². The molecular formula is C22H27N3O4. The molecule has 0 spiro atoms. The molecule has 1 aromatic heterocycles. The normalized spacial score (nSPS) is 21.2. The summed E-state index contributed by atoms with van der Waals surface area (Å²) in [4.78, 5) is 29.3.